The van der Waals surface area contributed by atoms with Crippen LogP contribution in [0.5, 0.6) is 0 Å². The van der Waals surface area contributed by atoms with Crippen molar-refractivity contribution in [2.24, 2.45) is 0 Å². The average molecular weight is 275 g/mol. The maximum Gasteiger partial charge on any atom is 0.129 e. The molecule has 3 rings (SSSR count). The van der Waals surface area contributed by atoms with Gasteiger partial charge in [0.15, 0.2) is 0 Å². The Hall–Kier alpha value is -1.45. The van der Waals surface area contributed by atoms with Gasteiger partial charge in [0, 0.05) is 35.9 Å². The molecule has 0 radical (unpaired) electrons. The zero-order valence-corrected chi connectivity index (χ0v) is 11.2. The first kappa shape index (κ1) is 11.6. The van der Waals surface area contributed by atoms with Crippen molar-refractivity contribution in [3.8, 4) is 0 Å². The van der Waals surface area contributed by atoms with Gasteiger partial charge < -0.3 is 4.90 Å². The van der Waals surface area contributed by atoms with Gasteiger partial charge in [-0.1, -0.05) is 36.0 Å². The molecule has 0 aromatic carbocycles. The topological polar surface area (TPSA) is 16.1 Å². The molecule has 0 amide bonds. The smallest absolute Gasteiger partial charge is 0.129 e. The number of pyridine rings is 1. The number of rotatable bonds is 2. The average Bonchev–Trinajstić information content (AvgIpc) is 2.73. The lowest BCUT2D eigenvalue weighted by Crippen LogP contribution is -2.18. The lowest BCUT2D eigenvalue weighted by molar-refractivity contribution is 0.464. The summed E-state index contributed by atoms with van der Waals surface area (Å²) < 4.78 is 0. The van der Waals surface area contributed by atoms with Gasteiger partial charge in [0.05, 0.1) is 0 Å². The molecular weight excluding hydrogens is 264 g/mol. The lowest BCUT2D eigenvalue weighted by Gasteiger charge is -2.25. The Morgan fingerprint density at radius 2 is 2.28 bits per heavy atom. The summed E-state index contributed by atoms with van der Waals surface area (Å²) in [7, 11) is 0. The van der Waals surface area contributed by atoms with Gasteiger partial charge in [0.1, 0.15) is 5.15 Å². The minimum absolute atomic E-state index is 0.523. The number of hydrogen-bond donors (Lipinski definition) is 0. The van der Waals surface area contributed by atoms with Crippen LogP contribution in [0, 0.1) is 0 Å². The molecule has 0 bridgehead atoms. The number of aromatic nitrogens is 1. The van der Waals surface area contributed by atoms with Crippen LogP contribution in [-0.2, 0) is 6.54 Å². The Labute approximate surface area is 116 Å². The Bertz CT molecular complexity index is 584. The Kier molecular flexibility index (Phi) is 3.02. The van der Waals surface area contributed by atoms with E-state index in [1.165, 1.54) is 11.3 Å². The first-order valence-electron chi connectivity index (χ1n) is 5.72. The highest BCUT2D eigenvalue weighted by molar-refractivity contribution is 7.80. The third kappa shape index (κ3) is 2.24. The van der Waals surface area contributed by atoms with E-state index in [1.54, 1.807) is 0 Å². The summed E-state index contributed by atoms with van der Waals surface area (Å²) in [6, 6.07) is 3.81. The second kappa shape index (κ2) is 4.67. The van der Waals surface area contributed by atoms with Gasteiger partial charge in [-0.3, -0.25) is 0 Å². The van der Waals surface area contributed by atoms with Crippen LogP contribution in [0.25, 0.3) is 0 Å². The van der Waals surface area contributed by atoms with E-state index in [1.807, 2.05) is 18.3 Å². The fourth-order valence-corrected chi connectivity index (χ4v) is 2.54. The predicted molar refractivity (Wildman–Crippen MR) is 77.3 cm³/mol. The zero-order valence-electron chi connectivity index (χ0n) is 9.64. The van der Waals surface area contributed by atoms with E-state index in [2.05, 4.69) is 34.3 Å². The summed E-state index contributed by atoms with van der Waals surface area (Å²) in [6.45, 7) is 0.784. The molecule has 1 aliphatic heterocycles. The van der Waals surface area contributed by atoms with Gasteiger partial charge in [-0.25, -0.2) is 4.98 Å². The Morgan fingerprint density at radius 3 is 3.06 bits per heavy atom. The monoisotopic (exact) mass is 274 g/mol. The Balaban J connectivity index is 1.83. The highest BCUT2D eigenvalue weighted by Gasteiger charge is 2.21. The van der Waals surface area contributed by atoms with Crippen molar-refractivity contribution >= 4 is 28.7 Å². The van der Waals surface area contributed by atoms with Gasteiger partial charge >= 0.3 is 0 Å². The van der Waals surface area contributed by atoms with Crippen molar-refractivity contribution in [2.45, 2.75) is 13.0 Å². The van der Waals surface area contributed by atoms with Crippen LogP contribution >= 0.6 is 23.8 Å². The maximum atomic E-state index is 5.79. The van der Waals surface area contributed by atoms with Gasteiger partial charge in [-0.2, -0.15) is 0 Å². The fraction of sp³-hybridized carbons (Fsp3) is 0.143. The van der Waals surface area contributed by atoms with Crippen LogP contribution in [0.15, 0.2) is 54.0 Å². The molecule has 0 N–H and O–H groups in total. The van der Waals surface area contributed by atoms with Crippen LogP contribution < -0.4 is 0 Å². The SMILES string of the molecule is S=C1C=C2C(=CC=CN2Cc2ccc(Cl)nc2)C1. The van der Waals surface area contributed by atoms with Gasteiger partial charge in [0.2, 0.25) is 0 Å². The highest BCUT2D eigenvalue weighted by Crippen LogP contribution is 2.30. The van der Waals surface area contributed by atoms with Crippen LogP contribution in [0.1, 0.15) is 12.0 Å². The van der Waals surface area contributed by atoms with Crippen LogP contribution in [0.3, 0.4) is 0 Å². The second-order valence-corrected chi connectivity index (χ2v) is 5.23. The molecular formula is C14H11ClN2S. The molecule has 1 aliphatic carbocycles. The standard InChI is InChI=1S/C14H11ClN2S/c15-14-4-3-10(8-16-14)9-17-5-1-2-11-6-12(18)7-13(11)17/h1-5,7-8H,6,9H2. The van der Waals surface area contributed by atoms with E-state index < -0.39 is 0 Å². The molecule has 18 heavy (non-hydrogen) atoms. The van der Waals surface area contributed by atoms with E-state index in [4.69, 9.17) is 23.8 Å². The number of allylic oxidation sites excluding steroid dienone is 4. The maximum absolute atomic E-state index is 5.79. The molecule has 2 heterocycles. The van der Waals surface area contributed by atoms with E-state index in [9.17, 15) is 0 Å². The number of fused-ring (bicyclic) bond motifs is 1. The van der Waals surface area contributed by atoms with Crippen molar-refractivity contribution < 1.29 is 0 Å². The van der Waals surface area contributed by atoms with E-state index in [0.29, 0.717) is 5.15 Å². The van der Waals surface area contributed by atoms with Crippen molar-refractivity contribution in [2.75, 3.05) is 0 Å². The van der Waals surface area contributed by atoms with Crippen LogP contribution in [0.4, 0.5) is 0 Å². The van der Waals surface area contributed by atoms with E-state index in [-0.39, 0.29) is 0 Å². The molecule has 0 unspecified atom stereocenters. The largest absolute Gasteiger partial charge is 0.343 e. The van der Waals surface area contributed by atoms with E-state index in [0.717, 1.165) is 23.4 Å². The normalized spacial score (nSPS) is 17.6. The first-order chi connectivity index (χ1) is 8.72. The van der Waals surface area contributed by atoms with Crippen molar-refractivity contribution in [1.29, 1.82) is 0 Å². The van der Waals surface area contributed by atoms with Crippen molar-refractivity contribution in [3.63, 3.8) is 0 Å². The second-order valence-electron chi connectivity index (χ2n) is 4.32. The summed E-state index contributed by atoms with van der Waals surface area (Å²) in [4.78, 5) is 7.29. The highest BCUT2D eigenvalue weighted by atomic mass is 35.5. The fourth-order valence-electron chi connectivity index (χ4n) is 2.16. The molecule has 0 spiro atoms. The first-order valence-corrected chi connectivity index (χ1v) is 6.50. The van der Waals surface area contributed by atoms with Gasteiger partial charge in [0.25, 0.3) is 0 Å². The molecule has 2 nitrogen and oxygen atoms in total. The summed E-state index contributed by atoms with van der Waals surface area (Å²) in [5, 5.41) is 0.523. The third-order valence-electron chi connectivity index (χ3n) is 3.01. The molecule has 0 atom stereocenters. The summed E-state index contributed by atoms with van der Waals surface area (Å²) in [6.07, 6.45) is 11.0. The number of hydrogen-bond acceptors (Lipinski definition) is 3. The number of nitrogens with zero attached hydrogens (tertiary/aromatic N) is 2. The molecule has 4 heteroatoms. The molecule has 0 saturated heterocycles. The molecule has 0 fully saturated rings. The third-order valence-corrected chi connectivity index (χ3v) is 3.49. The molecule has 1 aromatic rings. The molecule has 1 aromatic heterocycles. The summed E-state index contributed by atoms with van der Waals surface area (Å²) in [5.74, 6) is 0. The predicted octanol–water partition coefficient (Wildman–Crippen LogP) is 3.65. The quantitative estimate of drug-likeness (QED) is 0.605. The van der Waals surface area contributed by atoms with E-state index >= 15 is 0 Å². The lowest BCUT2D eigenvalue weighted by atomic mass is 10.1. The van der Waals surface area contributed by atoms with Crippen molar-refractivity contribution in [1.82, 2.24) is 9.88 Å². The minimum atomic E-state index is 0.523. The molecule has 2 aliphatic rings. The van der Waals surface area contributed by atoms with Crippen LogP contribution in [-0.4, -0.2) is 14.7 Å². The number of thiocarbonyl (C=S) groups is 1. The molecule has 0 saturated carbocycles. The van der Waals surface area contributed by atoms with Crippen molar-refractivity contribution in [3.05, 3.63) is 64.7 Å². The molecule has 90 valence electrons. The van der Waals surface area contributed by atoms with Gasteiger partial charge in [-0.15, -0.1) is 0 Å². The summed E-state index contributed by atoms with van der Waals surface area (Å²) in [5.41, 5.74) is 3.63. The zero-order chi connectivity index (χ0) is 12.5. The number of halogens is 1. The summed E-state index contributed by atoms with van der Waals surface area (Å²) >= 11 is 11.1. The van der Waals surface area contributed by atoms with Crippen LogP contribution in [0.2, 0.25) is 5.15 Å². The Morgan fingerprint density at radius 1 is 1.39 bits per heavy atom. The minimum Gasteiger partial charge on any atom is -0.343 e. The van der Waals surface area contributed by atoms with Gasteiger partial charge in [-0.05, 0) is 29.4 Å².